The van der Waals surface area contributed by atoms with Crippen molar-refractivity contribution in [1.29, 1.82) is 0 Å². The Balaban J connectivity index is 2.91. The molecule has 1 saturated heterocycles. The zero-order chi connectivity index (χ0) is 28.3. The lowest BCUT2D eigenvalue weighted by atomic mass is 10.0. The Bertz CT molecular complexity index is 760. The number of carbonyl (C=O) groups excluding carboxylic acids is 5. The van der Waals surface area contributed by atoms with Crippen molar-refractivity contribution < 1.29 is 24.0 Å². The monoisotopic (exact) mass is 538 g/mol. The van der Waals surface area contributed by atoms with Gasteiger partial charge in [0.1, 0.15) is 18.1 Å². The van der Waals surface area contributed by atoms with Gasteiger partial charge in [-0.2, -0.15) is 0 Å². The van der Waals surface area contributed by atoms with Crippen LogP contribution in [0.3, 0.4) is 0 Å². The normalized spacial score (nSPS) is 21.3. The number of carbonyl (C=O) groups is 5. The molecule has 0 unspecified atom stereocenters. The maximum Gasteiger partial charge on any atom is 0.243 e. The molecule has 0 radical (unpaired) electrons. The zero-order valence-electron chi connectivity index (χ0n) is 23.5. The predicted octanol–water partition coefficient (Wildman–Crippen LogP) is 1.00. The highest BCUT2D eigenvalue weighted by Gasteiger charge is 2.31. The summed E-state index contributed by atoms with van der Waals surface area (Å²) < 4.78 is 0. The Hall–Kier alpha value is -2.69. The highest BCUT2D eigenvalue weighted by molar-refractivity contribution is 5.97. The third kappa shape index (κ3) is 14.3. The molecule has 38 heavy (non-hydrogen) atoms. The van der Waals surface area contributed by atoms with E-state index in [9.17, 15) is 24.0 Å². The van der Waals surface area contributed by atoms with Crippen molar-refractivity contribution in [2.45, 2.75) is 116 Å². The molecule has 0 aromatic rings. The van der Waals surface area contributed by atoms with E-state index < -0.39 is 47.7 Å². The molecule has 1 aliphatic heterocycles. The van der Waals surface area contributed by atoms with Crippen LogP contribution in [0.1, 0.15) is 97.8 Å². The van der Waals surface area contributed by atoms with Gasteiger partial charge in [-0.3, -0.25) is 24.0 Å². The van der Waals surface area contributed by atoms with Gasteiger partial charge in [0.2, 0.25) is 29.5 Å². The lowest BCUT2D eigenvalue weighted by Crippen LogP contribution is -2.57. The largest absolute Gasteiger partial charge is 0.354 e. The molecule has 0 aromatic carbocycles. The van der Waals surface area contributed by atoms with Gasteiger partial charge < -0.3 is 32.3 Å². The summed E-state index contributed by atoms with van der Waals surface area (Å²) in [6.45, 7) is 6.57. The van der Waals surface area contributed by atoms with Crippen molar-refractivity contribution in [3.63, 3.8) is 0 Å². The maximum atomic E-state index is 13.2. The number of nitrogens with one attached hydrogen (secondary N) is 5. The fraction of sp³-hybridized carbons (Fsp3) is 0.815. The van der Waals surface area contributed by atoms with Crippen LogP contribution in [0, 0.1) is 5.92 Å². The van der Waals surface area contributed by atoms with Gasteiger partial charge in [-0.15, -0.1) is 0 Å². The molecule has 11 nitrogen and oxygen atoms in total. The van der Waals surface area contributed by atoms with Crippen molar-refractivity contribution in [2.24, 2.45) is 11.7 Å². The zero-order valence-corrected chi connectivity index (χ0v) is 23.5. The minimum atomic E-state index is -1.12. The van der Waals surface area contributed by atoms with Gasteiger partial charge in [0.15, 0.2) is 0 Å². The van der Waals surface area contributed by atoms with E-state index in [1.54, 1.807) is 0 Å². The van der Waals surface area contributed by atoms with E-state index in [0.717, 1.165) is 19.3 Å². The van der Waals surface area contributed by atoms with Crippen LogP contribution in [0.4, 0.5) is 0 Å². The van der Waals surface area contributed by atoms with E-state index >= 15 is 0 Å². The SMILES string of the molecule is CCCCCCCCCNC(=O)[C@@H]1CC(=O)NCC(=O)N[C@@H](CCCCN)C(=O)N[C@@H](CC(C)C)C(=O)N1. The van der Waals surface area contributed by atoms with E-state index in [0.29, 0.717) is 38.8 Å². The highest BCUT2D eigenvalue weighted by Crippen LogP contribution is 2.09. The Morgan fingerprint density at radius 2 is 1.53 bits per heavy atom. The summed E-state index contributed by atoms with van der Waals surface area (Å²) in [5, 5.41) is 13.4. The fourth-order valence-corrected chi connectivity index (χ4v) is 4.32. The third-order valence-corrected chi connectivity index (χ3v) is 6.49. The van der Waals surface area contributed by atoms with Crippen molar-refractivity contribution in [3.05, 3.63) is 0 Å². The minimum Gasteiger partial charge on any atom is -0.354 e. The molecule has 3 atom stereocenters. The molecule has 1 aliphatic rings. The highest BCUT2D eigenvalue weighted by atomic mass is 16.2. The van der Waals surface area contributed by atoms with Gasteiger partial charge in [0, 0.05) is 6.54 Å². The summed E-state index contributed by atoms with van der Waals surface area (Å²) in [5.41, 5.74) is 5.56. The number of rotatable bonds is 15. The van der Waals surface area contributed by atoms with Crippen molar-refractivity contribution in [1.82, 2.24) is 26.6 Å². The third-order valence-electron chi connectivity index (χ3n) is 6.49. The van der Waals surface area contributed by atoms with Gasteiger partial charge in [-0.05, 0) is 44.6 Å². The van der Waals surface area contributed by atoms with Gasteiger partial charge in [0.05, 0.1) is 13.0 Å². The number of amides is 5. The average molecular weight is 539 g/mol. The first kappa shape index (κ1) is 33.3. The Morgan fingerprint density at radius 1 is 0.868 bits per heavy atom. The summed E-state index contributed by atoms with van der Waals surface area (Å²) in [5.74, 6) is -2.49. The van der Waals surface area contributed by atoms with Gasteiger partial charge in [0.25, 0.3) is 0 Å². The molecule has 0 bridgehead atoms. The molecule has 5 amide bonds. The summed E-state index contributed by atoms with van der Waals surface area (Å²) in [7, 11) is 0. The topological polar surface area (TPSA) is 172 Å². The van der Waals surface area contributed by atoms with Crippen LogP contribution in [0.2, 0.25) is 0 Å². The van der Waals surface area contributed by atoms with E-state index in [1.807, 2.05) is 13.8 Å². The molecule has 11 heteroatoms. The first-order valence-electron chi connectivity index (χ1n) is 14.3. The molecule has 218 valence electrons. The molecule has 1 rings (SSSR count). The molecule has 1 heterocycles. The van der Waals surface area contributed by atoms with E-state index in [-0.39, 0.29) is 18.9 Å². The Morgan fingerprint density at radius 3 is 2.18 bits per heavy atom. The lowest BCUT2D eigenvalue weighted by molar-refractivity contribution is -0.134. The smallest absolute Gasteiger partial charge is 0.243 e. The number of hydrogen-bond acceptors (Lipinski definition) is 6. The Kier molecular flexibility index (Phi) is 17.0. The number of hydrogen-bond donors (Lipinski definition) is 6. The van der Waals surface area contributed by atoms with Crippen LogP contribution in [-0.2, 0) is 24.0 Å². The van der Waals surface area contributed by atoms with E-state index in [1.165, 1.54) is 25.7 Å². The summed E-state index contributed by atoms with van der Waals surface area (Å²) in [4.78, 5) is 64.2. The quantitative estimate of drug-likeness (QED) is 0.170. The van der Waals surface area contributed by atoms with E-state index in [2.05, 4.69) is 33.5 Å². The summed E-state index contributed by atoms with van der Waals surface area (Å²) >= 11 is 0. The van der Waals surface area contributed by atoms with Crippen LogP contribution >= 0.6 is 0 Å². The van der Waals surface area contributed by atoms with Crippen LogP contribution in [0.15, 0.2) is 0 Å². The average Bonchev–Trinajstić information content (AvgIpc) is 2.87. The van der Waals surface area contributed by atoms with Crippen LogP contribution < -0.4 is 32.3 Å². The predicted molar refractivity (Wildman–Crippen MR) is 147 cm³/mol. The first-order valence-corrected chi connectivity index (χ1v) is 14.3. The van der Waals surface area contributed by atoms with Gasteiger partial charge in [-0.25, -0.2) is 0 Å². The number of nitrogens with two attached hydrogens (primary N) is 1. The van der Waals surface area contributed by atoms with Crippen molar-refractivity contribution >= 4 is 29.5 Å². The first-order chi connectivity index (χ1) is 18.2. The second kappa shape index (κ2) is 19.4. The molecular weight excluding hydrogens is 488 g/mol. The summed E-state index contributed by atoms with van der Waals surface area (Å²) in [6.07, 6.45) is 9.38. The second-order valence-electron chi connectivity index (χ2n) is 10.5. The standard InChI is InChI=1S/C27H50N6O5/c1-4-5-6-7-8-9-12-15-29-25(36)22-17-23(34)30-18-24(35)31-20(13-10-11-14-28)26(37)32-21(16-19(2)3)27(38)33-22/h19-22H,4-18,28H2,1-3H3,(H,29,36)(H,30,34)(H,31,35)(H,32,37)(H,33,38)/t20-,21-,22-/m0/s1. The minimum absolute atomic E-state index is 0.0694. The summed E-state index contributed by atoms with van der Waals surface area (Å²) in [6, 6.07) is -2.91. The van der Waals surface area contributed by atoms with Crippen LogP contribution in [-0.4, -0.2) is 67.3 Å². The van der Waals surface area contributed by atoms with Crippen LogP contribution in [0.5, 0.6) is 0 Å². The van der Waals surface area contributed by atoms with Gasteiger partial charge in [-0.1, -0.05) is 59.3 Å². The Labute approximate surface area is 227 Å². The lowest BCUT2D eigenvalue weighted by Gasteiger charge is -2.25. The fourth-order valence-electron chi connectivity index (χ4n) is 4.32. The van der Waals surface area contributed by atoms with Crippen molar-refractivity contribution in [2.75, 3.05) is 19.6 Å². The molecule has 0 aromatic heterocycles. The van der Waals surface area contributed by atoms with Gasteiger partial charge >= 0.3 is 0 Å². The molecule has 1 fully saturated rings. The van der Waals surface area contributed by atoms with Crippen LogP contribution in [0.25, 0.3) is 0 Å². The molecular formula is C27H50N6O5. The molecule has 0 saturated carbocycles. The maximum absolute atomic E-state index is 13.2. The molecule has 0 spiro atoms. The number of unbranched alkanes of at least 4 members (excludes halogenated alkanes) is 7. The molecule has 0 aliphatic carbocycles. The molecule has 7 N–H and O–H groups in total. The second-order valence-corrected chi connectivity index (χ2v) is 10.5. The van der Waals surface area contributed by atoms with E-state index in [4.69, 9.17) is 5.73 Å². The van der Waals surface area contributed by atoms with Crippen molar-refractivity contribution in [3.8, 4) is 0 Å².